The summed E-state index contributed by atoms with van der Waals surface area (Å²) in [4.78, 5) is 18.8. The Balaban J connectivity index is 0.00000320. The fourth-order valence-corrected chi connectivity index (χ4v) is 3.57. The van der Waals surface area contributed by atoms with Crippen LogP contribution in [0.2, 0.25) is 0 Å². The van der Waals surface area contributed by atoms with E-state index < -0.39 is 0 Å². The molecule has 2 N–H and O–H groups in total. The molecule has 2 aliphatic rings. The zero-order chi connectivity index (χ0) is 20.3. The van der Waals surface area contributed by atoms with Crippen molar-refractivity contribution in [1.29, 1.82) is 0 Å². The summed E-state index contributed by atoms with van der Waals surface area (Å²) in [6, 6.07) is 6.01. The van der Waals surface area contributed by atoms with Gasteiger partial charge in [-0.3, -0.25) is 4.79 Å². The van der Waals surface area contributed by atoms with Gasteiger partial charge in [0.05, 0.1) is 19.8 Å². The average molecular weight is 530 g/mol. The quantitative estimate of drug-likeness (QED) is 0.245. The van der Waals surface area contributed by atoms with Crippen LogP contribution in [0.15, 0.2) is 23.2 Å². The van der Waals surface area contributed by atoms with E-state index >= 15 is 0 Å². The molecule has 1 aromatic rings. The molecule has 0 aromatic heterocycles. The Morgan fingerprint density at radius 3 is 2.77 bits per heavy atom. The Bertz CT molecular complexity index is 699. The summed E-state index contributed by atoms with van der Waals surface area (Å²) in [6.07, 6.45) is 5.84. The van der Waals surface area contributed by atoms with Crippen LogP contribution < -0.4 is 20.1 Å². The van der Waals surface area contributed by atoms with E-state index in [4.69, 9.17) is 9.47 Å². The smallest absolute Gasteiger partial charge is 0.222 e. The van der Waals surface area contributed by atoms with E-state index in [-0.39, 0.29) is 24.0 Å². The van der Waals surface area contributed by atoms with Crippen LogP contribution in [-0.2, 0) is 11.3 Å². The molecule has 30 heavy (non-hydrogen) atoms. The Kier molecular flexibility index (Phi) is 11.1. The van der Waals surface area contributed by atoms with Gasteiger partial charge in [0.1, 0.15) is 0 Å². The topological polar surface area (TPSA) is 75.2 Å². The van der Waals surface area contributed by atoms with Crippen LogP contribution in [0.3, 0.4) is 0 Å². The highest BCUT2D eigenvalue weighted by atomic mass is 127. The summed E-state index contributed by atoms with van der Waals surface area (Å²) < 4.78 is 11.4. The number of carbonyl (C=O) groups is 1. The molecule has 3 rings (SSSR count). The standard InChI is InChI=1S/C22H34N4O3.HI/c1-2-23-22(24-11-6-13-26-12-5-3-4-8-21(26)27)25-17-18-9-10-19-20(16-18)29-15-7-14-28-19;/h9-10,16H,2-8,11-15,17H2,1H3,(H2,23,24,25);1H. The normalized spacial score (nSPS) is 16.9. The van der Waals surface area contributed by atoms with Crippen LogP contribution in [-0.4, -0.2) is 56.2 Å². The van der Waals surface area contributed by atoms with E-state index in [9.17, 15) is 4.79 Å². The minimum absolute atomic E-state index is 0. The molecule has 0 radical (unpaired) electrons. The first-order valence-corrected chi connectivity index (χ1v) is 10.9. The van der Waals surface area contributed by atoms with Gasteiger partial charge in [0.2, 0.25) is 5.91 Å². The monoisotopic (exact) mass is 530 g/mol. The summed E-state index contributed by atoms with van der Waals surface area (Å²) in [5.41, 5.74) is 1.08. The van der Waals surface area contributed by atoms with Crippen LogP contribution >= 0.6 is 24.0 Å². The molecule has 1 fully saturated rings. The van der Waals surface area contributed by atoms with Crippen molar-refractivity contribution in [3.63, 3.8) is 0 Å². The number of fused-ring (bicyclic) bond motifs is 1. The molecular formula is C22H35IN4O3. The number of rotatable bonds is 7. The van der Waals surface area contributed by atoms with Gasteiger partial charge in [0, 0.05) is 39.0 Å². The third kappa shape index (κ3) is 7.85. The van der Waals surface area contributed by atoms with E-state index in [0.717, 1.165) is 81.3 Å². The molecule has 0 bridgehead atoms. The number of hydrogen-bond acceptors (Lipinski definition) is 4. The van der Waals surface area contributed by atoms with Crippen molar-refractivity contribution in [3.05, 3.63) is 23.8 Å². The summed E-state index contributed by atoms with van der Waals surface area (Å²) in [5, 5.41) is 6.66. The first-order chi connectivity index (χ1) is 14.3. The second-order valence-electron chi connectivity index (χ2n) is 7.50. The van der Waals surface area contributed by atoms with E-state index in [1.807, 2.05) is 23.1 Å². The van der Waals surface area contributed by atoms with Crippen LogP contribution in [0.5, 0.6) is 11.5 Å². The van der Waals surface area contributed by atoms with E-state index in [0.29, 0.717) is 32.1 Å². The maximum Gasteiger partial charge on any atom is 0.222 e. The minimum Gasteiger partial charge on any atom is -0.490 e. The molecule has 1 saturated heterocycles. The number of benzene rings is 1. The molecule has 168 valence electrons. The number of aliphatic imine (C=N–C) groups is 1. The van der Waals surface area contributed by atoms with Gasteiger partial charge in [0.15, 0.2) is 17.5 Å². The zero-order valence-electron chi connectivity index (χ0n) is 18.0. The number of hydrogen-bond donors (Lipinski definition) is 2. The summed E-state index contributed by atoms with van der Waals surface area (Å²) in [5.74, 6) is 2.71. The van der Waals surface area contributed by atoms with Gasteiger partial charge in [-0.15, -0.1) is 24.0 Å². The van der Waals surface area contributed by atoms with E-state index in [2.05, 4.69) is 22.5 Å². The average Bonchev–Trinajstić information content (AvgIpc) is 3.09. The Labute approximate surface area is 197 Å². The summed E-state index contributed by atoms with van der Waals surface area (Å²) in [6.45, 7) is 7.31. The molecule has 0 aliphatic carbocycles. The van der Waals surface area contributed by atoms with Crippen molar-refractivity contribution in [2.75, 3.05) is 39.4 Å². The molecular weight excluding hydrogens is 495 g/mol. The van der Waals surface area contributed by atoms with Crippen molar-refractivity contribution in [2.45, 2.75) is 52.0 Å². The van der Waals surface area contributed by atoms with Crippen LogP contribution in [0, 0.1) is 0 Å². The van der Waals surface area contributed by atoms with Gasteiger partial charge >= 0.3 is 0 Å². The molecule has 1 aromatic carbocycles. The second kappa shape index (κ2) is 13.6. The highest BCUT2D eigenvalue weighted by Gasteiger charge is 2.15. The second-order valence-corrected chi connectivity index (χ2v) is 7.50. The van der Waals surface area contributed by atoms with E-state index in [1.165, 1.54) is 0 Å². The maximum absolute atomic E-state index is 12.1. The highest BCUT2D eigenvalue weighted by molar-refractivity contribution is 14.0. The fraction of sp³-hybridized carbons (Fsp3) is 0.636. The van der Waals surface area contributed by atoms with Crippen molar-refractivity contribution in [1.82, 2.24) is 15.5 Å². The lowest BCUT2D eigenvalue weighted by molar-refractivity contribution is -0.130. The largest absolute Gasteiger partial charge is 0.490 e. The van der Waals surface area contributed by atoms with Gasteiger partial charge in [-0.25, -0.2) is 4.99 Å². The number of amides is 1. The lowest BCUT2D eigenvalue weighted by Gasteiger charge is -2.20. The minimum atomic E-state index is 0. The van der Waals surface area contributed by atoms with Gasteiger partial charge < -0.3 is 25.0 Å². The molecule has 2 aliphatic heterocycles. The molecule has 7 nitrogen and oxygen atoms in total. The third-order valence-corrected chi connectivity index (χ3v) is 5.14. The zero-order valence-corrected chi connectivity index (χ0v) is 20.3. The fourth-order valence-electron chi connectivity index (χ4n) is 3.57. The van der Waals surface area contributed by atoms with Crippen molar-refractivity contribution >= 4 is 35.8 Å². The number of nitrogens with zero attached hydrogens (tertiary/aromatic N) is 2. The van der Waals surface area contributed by atoms with E-state index in [1.54, 1.807) is 0 Å². The number of carbonyl (C=O) groups excluding carboxylic acids is 1. The lowest BCUT2D eigenvalue weighted by atomic mass is 10.2. The van der Waals surface area contributed by atoms with Gasteiger partial charge in [0.25, 0.3) is 0 Å². The number of guanidine groups is 1. The van der Waals surface area contributed by atoms with Gasteiger partial charge in [-0.2, -0.15) is 0 Å². The molecule has 0 atom stereocenters. The number of ether oxygens (including phenoxy) is 2. The molecule has 2 heterocycles. The Hall–Kier alpha value is -1.71. The third-order valence-electron chi connectivity index (χ3n) is 5.14. The summed E-state index contributed by atoms with van der Waals surface area (Å²) in [7, 11) is 0. The molecule has 0 unspecified atom stereocenters. The summed E-state index contributed by atoms with van der Waals surface area (Å²) >= 11 is 0. The van der Waals surface area contributed by atoms with Gasteiger partial charge in [-0.1, -0.05) is 12.5 Å². The maximum atomic E-state index is 12.1. The number of halogens is 1. The molecule has 0 spiro atoms. The van der Waals surface area contributed by atoms with Crippen LogP contribution in [0.4, 0.5) is 0 Å². The molecule has 8 heteroatoms. The van der Waals surface area contributed by atoms with Crippen molar-refractivity contribution in [3.8, 4) is 11.5 Å². The molecule has 1 amide bonds. The SMILES string of the molecule is CCNC(=NCc1ccc2c(c1)OCCCO2)NCCCN1CCCCCC1=O.I. The first kappa shape index (κ1) is 24.6. The lowest BCUT2D eigenvalue weighted by Crippen LogP contribution is -2.39. The van der Waals surface area contributed by atoms with Crippen molar-refractivity contribution in [2.24, 2.45) is 4.99 Å². The Morgan fingerprint density at radius 2 is 1.93 bits per heavy atom. The van der Waals surface area contributed by atoms with Crippen molar-refractivity contribution < 1.29 is 14.3 Å². The Morgan fingerprint density at radius 1 is 1.10 bits per heavy atom. The highest BCUT2D eigenvalue weighted by Crippen LogP contribution is 2.30. The number of likely N-dealkylation sites (tertiary alicyclic amines) is 1. The predicted octanol–water partition coefficient (Wildman–Crippen LogP) is 3.31. The van der Waals surface area contributed by atoms with Crippen LogP contribution in [0.1, 0.15) is 51.0 Å². The molecule has 0 saturated carbocycles. The van der Waals surface area contributed by atoms with Crippen LogP contribution in [0.25, 0.3) is 0 Å². The van der Waals surface area contributed by atoms with Gasteiger partial charge in [-0.05, 0) is 43.9 Å². The first-order valence-electron chi connectivity index (χ1n) is 10.9. The predicted molar refractivity (Wildman–Crippen MR) is 130 cm³/mol. The number of nitrogens with one attached hydrogen (secondary N) is 2.